The Bertz CT molecular complexity index is 706. The molecule has 1 aliphatic rings. The van der Waals surface area contributed by atoms with Crippen molar-refractivity contribution in [2.24, 2.45) is 5.73 Å². The van der Waals surface area contributed by atoms with Gasteiger partial charge in [-0.25, -0.2) is 0 Å². The summed E-state index contributed by atoms with van der Waals surface area (Å²) in [5.74, 6) is 1.18. The minimum atomic E-state index is -0.327. The third kappa shape index (κ3) is 2.44. The molecule has 0 fully saturated rings. The van der Waals surface area contributed by atoms with Crippen LogP contribution in [-0.2, 0) is 11.3 Å². The number of nitrogens with zero attached hydrogens (tertiary/aromatic N) is 2. The monoisotopic (exact) mass is 287 g/mol. The zero-order chi connectivity index (χ0) is 15.0. The Kier molecular flexibility index (Phi) is 3.29. The molecule has 0 saturated heterocycles. The summed E-state index contributed by atoms with van der Waals surface area (Å²) in [5, 5.41) is 4.49. The van der Waals surface area contributed by atoms with E-state index < -0.39 is 0 Å². The molecule has 1 aliphatic heterocycles. The van der Waals surface area contributed by atoms with Gasteiger partial charge in [0.15, 0.2) is 11.5 Å². The number of amides is 1. The molecule has 2 heterocycles. The van der Waals surface area contributed by atoms with Gasteiger partial charge in [-0.15, -0.1) is 0 Å². The number of aryl methyl sites for hydroxylation is 2. The van der Waals surface area contributed by atoms with Gasteiger partial charge in [0.1, 0.15) is 0 Å². The zero-order valence-electron chi connectivity index (χ0n) is 12.0. The molecule has 2 N–H and O–H groups in total. The predicted octanol–water partition coefficient (Wildman–Crippen LogP) is 1.77. The highest BCUT2D eigenvalue weighted by atomic mass is 16.7. The van der Waals surface area contributed by atoms with Crippen molar-refractivity contribution < 1.29 is 14.3 Å². The molecule has 0 atom stereocenters. The second-order valence-corrected chi connectivity index (χ2v) is 5.05. The summed E-state index contributed by atoms with van der Waals surface area (Å²) in [4.78, 5) is 10.9. The topological polar surface area (TPSA) is 79.4 Å². The van der Waals surface area contributed by atoms with Crippen LogP contribution < -0.4 is 15.2 Å². The molecule has 2 aromatic rings. The molecule has 0 unspecified atom stereocenters. The van der Waals surface area contributed by atoms with Crippen LogP contribution in [-0.4, -0.2) is 22.5 Å². The molecule has 1 aromatic carbocycles. The van der Waals surface area contributed by atoms with Crippen LogP contribution in [0.15, 0.2) is 18.2 Å². The number of carbonyl (C=O) groups excluding carboxylic acids is 1. The van der Waals surface area contributed by atoms with E-state index in [1.54, 1.807) is 0 Å². The van der Waals surface area contributed by atoms with Crippen molar-refractivity contribution in [3.05, 3.63) is 29.6 Å². The van der Waals surface area contributed by atoms with Crippen molar-refractivity contribution >= 4 is 5.91 Å². The van der Waals surface area contributed by atoms with Gasteiger partial charge in [-0.3, -0.25) is 9.48 Å². The summed E-state index contributed by atoms with van der Waals surface area (Å²) in [6.07, 6.45) is 0.280. The molecule has 6 heteroatoms. The third-order valence-corrected chi connectivity index (χ3v) is 3.61. The number of ether oxygens (including phenoxy) is 2. The lowest BCUT2D eigenvalue weighted by atomic mass is 10.0. The molecule has 3 rings (SSSR count). The molecule has 110 valence electrons. The van der Waals surface area contributed by atoms with Gasteiger partial charge in [0, 0.05) is 24.2 Å². The van der Waals surface area contributed by atoms with E-state index in [1.807, 2.05) is 36.7 Å². The fourth-order valence-corrected chi connectivity index (χ4v) is 2.60. The Morgan fingerprint density at radius 3 is 2.86 bits per heavy atom. The first-order valence-corrected chi connectivity index (χ1v) is 6.78. The van der Waals surface area contributed by atoms with E-state index in [2.05, 4.69) is 5.10 Å². The third-order valence-electron chi connectivity index (χ3n) is 3.61. The Labute approximate surface area is 122 Å². The van der Waals surface area contributed by atoms with Gasteiger partial charge in [-0.05, 0) is 31.5 Å². The van der Waals surface area contributed by atoms with E-state index in [0.717, 1.165) is 34.0 Å². The van der Waals surface area contributed by atoms with E-state index in [9.17, 15) is 4.79 Å². The van der Waals surface area contributed by atoms with Gasteiger partial charge in [0.05, 0.1) is 5.69 Å². The summed E-state index contributed by atoms with van der Waals surface area (Å²) in [7, 11) is 0. The van der Waals surface area contributed by atoms with E-state index in [4.69, 9.17) is 15.2 Å². The van der Waals surface area contributed by atoms with Gasteiger partial charge < -0.3 is 15.2 Å². The molecule has 1 aromatic heterocycles. The number of rotatable bonds is 4. The smallest absolute Gasteiger partial charge is 0.231 e. The number of fused-ring (bicyclic) bond motifs is 1. The molecule has 1 amide bonds. The van der Waals surface area contributed by atoms with E-state index in [0.29, 0.717) is 6.54 Å². The highest BCUT2D eigenvalue weighted by Crippen LogP contribution is 2.37. The van der Waals surface area contributed by atoms with Crippen LogP contribution in [0.4, 0.5) is 0 Å². The second-order valence-electron chi connectivity index (χ2n) is 5.05. The average molecular weight is 287 g/mol. The summed E-state index contributed by atoms with van der Waals surface area (Å²) in [6, 6.07) is 5.85. The number of primary amides is 1. The van der Waals surface area contributed by atoms with Crippen LogP contribution in [0.25, 0.3) is 11.1 Å². The number of nitrogens with two attached hydrogens (primary N) is 1. The van der Waals surface area contributed by atoms with Crippen molar-refractivity contribution in [2.45, 2.75) is 26.8 Å². The first-order chi connectivity index (χ1) is 10.1. The van der Waals surface area contributed by atoms with Crippen LogP contribution in [0.2, 0.25) is 0 Å². The fraction of sp³-hybridized carbons (Fsp3) is 0.333. The Morgan fingerprint density at radius 2 is 2.10 bits per heavy atom. The van der Waals surface area contributed by atoms with Crippen LogP contribution in [0.3, 0.4) is 0 Å². The Balaban J connectivity index is 1.96. The minimum absolute atomic E-state index is 0.259. The van der Waals surface area contributed by atoms with Crippen LogP contribution >= 0.6 is 0 Å². The number of hydrogen-bond donors (Lipinski definition) is 1. The second kappa shape index (κ2) is 5.12. The number of hydrogen-bond acceptors (Lipinski definition) is 4. The molecule has 21 heavy (non-hydrogen) atoms. The van der Waals surface area contributed by atoms with Crippen molar-refractivity contribution in [3.8, 4) is 22.6 Å². The van der Waals surface area contributed by atoms with Crippen molar-refractivity contribution in [1.29, 1.82) is 0 Å². The molecule has 0 bridgehead atoms. The Hall–Kier alpha value is -2.50. The Morgan fingerprint density at radius 1 is 1.33 bits per heavy atom. The van der Waals surface area contributed by atoms with Crippen LogP contribution in [0.5, 0.6) is 11.5 Å². The number of aromatic nitrogens is 2. The minimum Gasteiger partial charge on any atom is -0.454 e. The van der Waals surface area contributed by atoms with Crippen molar-refractivity contribution in [1.82, 2.24) is 9.78 Å². The number of benzene rings is 1. The molecule has 0 saturated carbocycles. The zero-order valence-corrected chi connectivity index (χ0v) is 12.0. The average Bonchev–Trinajstić information content (AvgIpc) is 3.00. The largest absolute Gasteiger partial charge is 0.454 e. The summed E-state index contributed by atoms with van der Waals surface area (Å²) in [6.45, 7) is 4.69. The van der Waals surface area contributed by atoms with E-state index in [-0.39, 0.29) is 19.1 Å². The highest BCUT2D eigenvalue weighted by Gasteiger charge is 2.18. The summed E-state index contributed by atoms with van der Waals surface area (Å²) < 4.78 is 12.6. The van der Waals surface area contributed by atoms with Gasteiger partial charge in [0.2, 0.25) is 12.7 Å². The highest BCUT2D eigenvalue weighted by molar-refractivity contribution is 5.74. The maximum atomic E-state index is 10.9. The quantitative estimate of drug-likeness (QED) is 0.929. The first kappa shape index (κ1) is 13.5. The van der Waals surface area contributed by atoms with Gasteiger partial charge in [0.25, 0.3) is 0 Å². The predicted molar refractivity (Wildman–Crippen MR) is 77.1 cm³/mol. The lowest BCUT2D eigenvalue weighted by Gasteiger charge is -2.05. The lowest BCUT2D eigenvalue weighted by molar-refractivity contribution is -0.118. The lowest BCUT2D eigenvalue weighted by Crippen LogP contribution is -2.15. The van der Waals surface area contributed by atoms with E-state index in [1.165, 1.54) is 0 Å². The molecule has 6 nitrogen and oxygen atoms in total. The van der Waals surface area contributed by atoms with Gasteiger partial charge in [-0.1, -0.05) is 6.07 Å². The van der Waals surface area contributed by atoms with E-state index >= 15 is 0 Å². The first-order valence-electron chi connectivity index (χ1n) is 6.78. The van der Waals surface area contributed by atoms with Crippen LogP contribution in [0, 0.1) is 13.8 Å². The van der Waals surface area contributed by atoms with Crippen molar-refractivity contribution in [3.63, 3.8) is 0 Å². The van der Waals surface area contributed by atoms with Crippen LogP contribution in [0.1, 0.15) is 17.8 Å². The molecule has 0 aliphatic carbocycles. The molecular weight excluding hydrogens is 270 g/mol. The fourth-order valence-electron chi connectivity index (χ4n) is 2.60. The molecule has 0 spiro atoms. The summed E-state index contributed by atoms with van der Waals surface area (Å²) >= 11 is 0. The van der Waals surface area contributed by atoms with Gasteiger partial charge >= 0.3 is 0 Å². The normalized spacial score (nSPS) is 12.7. The SMILES string of the molecule is Cc1nn(CCC(N)=O)c(C)c1-c1ccc2c(c1)OCO2. The molecular formula is C15H17N3O3. The van der Waals surface area contributed by atoms with Crippen molar-refractivity contribution in [2.75, 3.05) is 6.79 Å². The number of carbonyl (C=O) groups is 1. The maximum Gasteiger partial charge on any atom is 0.231 e. The maximum absolute atomic E-state index is 10.9. The standard InChI is InChI=1S/C15H17N3O3/c1-9-15(10(2)18(17-9)6-5-14(16)19)11-3-4-12-13(7-11)21-8-20-12/h3-4,7H,5-6,8H2,1-2H3,(H2,16,19). The summed E-state index contributed by atoms with van der Waals surface area (Å²) in [5.41, 5.74) is 9.20. The van der Waals surface area contributed by atoms with Gasteiger partial charge in [-0.2, -0.15) is 5.10 Å². The molecule has 0 radical (unpaired) electrons.